The Balaban J connectivity index is 0.00000261. The van der Waals surface area contributed by atoms with Gasteiger partial charge in [0.25, 0.3) is 0 Å². The molecule has 0 aromatic carbocycles. The Bertz CT molecular complexity index is 735. The highest BCUT2D eigenvalue weighted by Gasteiger charge is 2.13. The first kappa shape index (κ1) is 21.9. The molecule has 1 fully saturated rings. The summed E-state index contributed by atoms with van der Waals surface area (Å²) in [6.45, 7) is 10.6. The van der Waals surface area contributed by atoms with Crippen LogP contribution in [0.2, 0.25) is 0 Å². The summed E-state index contributed by atoms with van der Waals surface area (Å²) in [4.78, 5) is 17.4. The number of nitrogens with one attached hydrogen (secondary N) is 2. The number of hydrogen-bond acceptors (Lipinski definition) is 5. The molecule has 2 N–H and O–H groups in total. The van der Waals surface area contributed by atoms with Crippen molar-refractivity contribution in [2.75, 3.05) is 24.5 Å². The minimum absolute atomic E-state index is 0. The number of hydrogen-bond donors (Lipinski definition) is 2. The smallest absolute Gasteiger partial charge is 0.191 e. The second kappa shape index (κ2) is 10.8. The first-order valence-electron chi connectivity index (χ1n) is 9.30. The molecule has 1 saturated heterocycles. The Morgan fingerprint density at radius 2 is 2.04 bits per heavy atom. The van der Waals surface area contributed by atoms with Gasteiger partial charge in [0.2, 0.25) is 0 Å². The van der Waals surface area contributed by atoms with Crippen LogP contribution in [0.15, 0.2) is 23.3 Å². The quantitative estimate of drug-likeness (QED) is 0.361. The van der Waals surface area contributed by atoms with Gasteiger partial charge in [0.1, 0.15) is 10.8 Å². The monoisotopic (exact) mass is 500 g/mol. The van der Waals surface area contributed by atoms with Crippen molar-refractivity contribution in [2.24, 2.45) is 4.99 Å². The van der Waals surface area contributed by atoms with E-state index in [-0.39, 0.29) is 24.0 Å². The number of aliphatic imine (C=N–C) groups is 1. The maximum Gasteiger partial charge on any atom is 0.191 e. The third-order valence-electron chi connectivity index (χ3n) is 4.48. The van der Waals surface area contributed by atoms with E-state index in [4.69, 9.17) is 4.99 Å². The summed E-state index contributed by atoms with van der Waals surface area (Å²) in [6, 6.07) is 4.20. The van der Waals surface area contributed by atoms with Crippen LogP contribution < -0.4 is 15.5 Å². The minimum atomic E-state index is 0. The molecule has 0 spiro atoms. The van der Waals surface area contributed by atoms with Crippen LogP contribution in [0.5, 0.6) is 0 Å². The highest BCUT2D eigenvalue weighted by molar-refractivity contribution is 14.0. The summed E-state index contributed by atoms with van der Waals surface area (Å²) < 4.78 is 0. The number of anilines is 1. The van der Waals surface area contributed by atoms with Gasteiger partial charge in [0.05, 0.1) is 18.8 Å². The Morgan fingerprint density at radius 1 is 1.26 bits per heavy atom. The van der Waals surface area contributed by atoms with Crippen LogP contribution in [-0.2, 0) is 13.1 Å². The zero-order chi connectivity index (χ0) is 18.4. The van der Waals surface area contributed by atoms with Gasteiger partial charge in [-0.3, -0.25) is 0 Å². The average molecular weight is 500 g/mol. The van der Waals surface area contributed by atoms with Crippen LogP contribution in [0.1, 0.15) is 40.9 Å². The third-order valence-corrected chi connectivity index (χ3v) is 5.56. The van der Waals surface area contributed by atoms with Gasteiger partial charge in [-0.1, -0.05) is 0 Å². The van der Waals surface area contributed by atoms with Crippen molar-refractivity contribution >= 4 is 47.1 Å². The largest absolute Gasteiger partial charge is 0.357 e. The van der Waals surface area contributed by atoms with Gasteiger partial charge >= 0.3 is 0 Å². The van der Waals surface area contributed by atoms with Crippen LogP contribution >= 0.6 is 35.3 Å². The number of halogens is 1. The predicted octanol–water partition coefficient (Wildman–Crippen LogP) is 3.63. The molecule has 3 rings (SSSR count). The lowest BCUT2D eigenvalue weighted by Crippen LogP contribution is -2.36. The van der Waals surface area contributed by atoms with Crippen molar-refractivity contribution < 1.29 is 0 Å². The maximum atomic E-state index is 4.72. The van der Waals surface area contributed by atoms with Gasteiger partial charge in [-0.25, -0.2) is 15.0 Å². The molecule has 0 bridgehead atoms. The summed E-state index contributed by atoms with van der Waals surface area (Å²) in [5.41, 5.74) is 2.29. The number of pyridine rings is 1. The number of rotatable bonds is 6. The molecule has 3 heterocycles. The van der Waals surface area contributed by atoms with Crippen LogP contribution in [0, 0.1) is 13.8 Å². The average Bonchev–Trinajstić information content (AvgIpc) is 3.28. The molecule has 1 aliphatic heterocycles. The standard InChI is InChI=1S/C19H28N6S.HI/c1-4-20-19(23-13-18-24-14(2)15(3)26-18)22-12-16-7-8-21-17(11-16)25-9-5-6-10-25;/h7-8,11H,4-6,9-10,12-13H2,1-3H3,(H2,20,22,23);1H. The van der Waals surface area contributed by atoms with Gasteiger partial charge in [0, 0.05) is 30.7 Å². The zero-order valence-corrected chi connectivity index (χ0v) is 19.4. The molecule has 0 amide bonds. The number of aryl methyl sites for hydroxylation is 2. The van der Waals surface area contributed by atoms with Gasteiger partial charge in [-0.2, -0.15) is 0 Å². The molecule has 0 unspecified atom stereocenters. The first-order valence-corrected chi connectivity index (χ1v) is 10.1. The van der Waals surface area contributed by atoms with Crippen LogP contribution in [0.4, 0.5) is 5.82 Å². The van der Waals surface area contributed by atoms with E-state index in [0.29, 0.717) is 13.1 Å². The van der Waals surface area contributed by atoms with E-state index >= 15 is 0 Å². The topological polar surface area (TPSA) is 65.4 Å². The highest BCUT2D eigenvalue weighted by Crippen LogP contribution is 2.19. The fraction of sp³-hybridized carbons (Fsp3) is 0.526. The molecule has 6 nitrogen and oxygen atoms in total. The predicted molar refractivity (Wildman–Crippen MR) is 124 cm³/mol. The second-order valence-electron chi connectivity index (χ2n) is 6.51. The summed E-state index contributed by atoms with van der Waals surface area (Å²) >= 11 is 1.73. The van der Waals surface area contributed by atoms with E-state index in [1.807, 2.05) is 12.3 Å². The number of aromatic nitrogens is 2. The third kappa shape index (κ3) is 6.31. The summed E-state index contributed by atoms with van der Waals surface area (Å²) in [5, 5.41) is 7.77. The van der Waals surface area contributed by atoms with Crippen molar-refractivity contribution in [3.05, 3.63) is 39.5 Å². The lowest BCUT2D eigenvalue weighted by molar-refractivity contribution is 0.809. The van der Waals surface area contributed by atoms with Crippen LogP contribution in [0.25, 0.3) is 0 Å². The summed E-state index contributed by atoms with van der Waals surface area (Å²) in [6.07, 6.45) is 4.41. The molecule has 2 aromatic rings. The van der Waals surface area contributed by atoms with Gasteiger partial charge in [0.15, 0.2) is 5.96 Å². The summed E-state index contributed by atoms with van der Waals surface area (Å²) in [7, 11) is 0. The molecule has 148 valence electrons. The van der Waals surface area contributed by atoms with Gasteiger partial charge in [-0.15, -0.1) is 35.3 Å². The lowest BCUT2D eigenvalue weighted by Gasteiger charge is -2.16. The Morgan fingerprint density at radius 3 is 2.70 bits per heavy atom. The van der Waals surface area contributed by atoms with Crippen molar-refractivity contribution in [3.63, 3.8) is 0 Å². The molecule has 0 aliphatic carbocycles. The summed E-state index contributed by atoms with van der Waals surface area (Å²) in [5.74, 6) is 1.89. The molecule has 8 heteroatoms. The Hall–Kier alpha value is -1.42. The number of guanidine groups is 1. The van der Waals surface area contributed by atoms with Crippen molar-refractivity contribution in [1.29, 1.82) is 0 Å². The van der Waals surface area contributed by atoms with Crippen molar-refractivity contribution in [2.45, 2.75) is 46.7 Å². The number of thiazole rings is 1. The van der Waals surface area contributed by atoms with Crippen LogP contribution in [0.3, 0.4) is 0 Å². The Labute approximate surface area is 182 Å². The lowest BCUT2D eigenvalue weighted by atomic mass is 10.2. The zero-order valence-electron chi connectivity index (χ0n) is 16.3. The van der Waals surface area contributed by atoms with Gasteiger partial charge < -0.3 is 15.5 Å². The molecule has 0 saturated carbocycles. The van der Waals surface area contributed by atoms with Gasteiger partial charge in [-0.05, 0) is 51.3 Å². The Kier molecular flexibility index (Phi) is 8.75. The molecule has 2 aromatic heterocycles. The first-order chi connectivity index (χ1) is 12.7. The van der Waals surface area contributed by atoms with E-state index in [9.17, 15) is 0 Å². The van der Waals surface area contributed by atoms with Crippen molar-refractivity contribution in [3.8, 4) is 0 Å². The molecule has 0 radical (unpaired) electrons. The van der Waals surface area contributed by atoms with Crippen LogP contribution in [-0.4, -0.2) is 35.6 Å². The molecule has 0 atom stereocenters. The van der Waals surface area contributed by atoms with E-state index in [0.717, 1.165) is 42.1 Å². The maximum absolute atomic E-state index is 4.72. The SMILES string of the molecule is CCNC(=NCc1ccnc(N2CCCC2)c1)NCc1nc(C)c(C)s1.I. The molecular formula is C19H29IN6S. The van der Waals surface area contributed by atoms with E-state index in [1.165, 1.54) is 23.3 Å². The van der Waals surface area contributed by atoms with Crippen molar-refractivity contribution in [1.82, 2.24) is 20.6 Å². The molecule has 1 aliphatic rings. The number of nitrogens with zero attached hydrogens (tertiary/aromatic N) is 4. The normalized spacial score (nSPS) is 14.2. The fourth-order valence-electron chi connectivity index (χ4n) is 2.96. The van der Waals surface area contributed by atoms with E-state index in [1.54, 1.807) is 11.3 Å². The van der Waals surface area contributed by atoms with E-state index < -0.39 is 0 Å². The minimum Gasteiger partial charge on any atom is -0.357 e. The molecule has 27 heavy (non-hydrogen) atoms. The van der Waals surface area contributed by atoms with E-state index in [2.05, 4.69) is 52.3 Å². The second-order valence-corrected chi connectivity index (χ2v) is 7.80. The molecular weight excluding hydrogens is 471 g/mol. The fourth-order valence-corrected chi connectivity index (χ4v) is 3.84. The highest BCUT2D eigenvalue weighted by atomic mass is 127.